The van der Waals surface area contributed by atoms with Gasteiger partial charge in [0.25, 0.3) is 0 Å². The fraction of sp³-hybridized carbons (Fsp3) is 0.692. The van der Waals surface area contributed by atoms with Crippen LogP contribution in [0.5, 0.6) is 0 Å². The van der Waals surface area contributed by atoms with Gasteiger partial charge in [0.05, 0.1) is 0 Å². The van der Waals surface area contributed by atoms with Gasteiger partial charge < -0.3 is 5.32 Å². The topological polar surface area (TPSA) is 12.0 Å². The van der Waals surface area contributed by atoms with Gasteiger partial charge in [0.1, 0.15) is 0 Å². The van der Waals surface area contributed by atoms with Crippen LogP contribution in [0.25, 0.3) is 0 Å². The van der Waals surface area contributed by atoms with Gasteiger partial charge in [-0.1, -0.05) is 18.9 Å². The summed E-state index contributed by atoms with van der Waals surface area (Å²) in [7, 11) is 0. The van der Waals surface area contributed by atoms with Gasteiger partial charge in [-0.15, -0.1) is 11.3 Å². The van der Waals surface area contributed by atoms with Crippen molar-refractivity contribution in [3.8, 4) is 0 Å². The van der Waals surface area contributed by atoms with E-state index in [1.807, 2.05) is 11.3 Å². The molecule has 1 aliphatic rings. The zero-order valence-electron chi connectivity index (χ0n) is 9.75. The van der Waals surface area contributed by atoms with Crippen LogP contribution in [0.1, 0.15) is 44.4 Å². The van der Waals surface area contributed by atoms with Crippen molar-refractivity contribution in [3.63, 3.8) is 0 Å². The van der Waals surface area contributed by atoms with E-state index in [0.717, 1.165) is 12.5 Å². The summed E-state index contributed by atoms with van der Waals surface area (Å²) >= 11 is 1.84. The monoisotopic (exact) mass is 223 g/mol. The quantitative estimate of drug-likeness (QED) is 0.818. The van der Waals surface area contributed by atoms with Crippen molar-refractivity contribution < 1.29 is 0 Å². The second kappa shape index (κ2) is 4.67. The molecular formula is C13H21NS. The maximum atomic E-state index is 3.71. The molecular weight excluding hydrogens is 202 g/mol. The molecule has 2 heteroatoms. The molecule has 0 radical (unpaired) electrons. The third-order valence-corrected chi connectivity index (χ3v) is 4.55. The number of hydrogen-bond donors (Lipinski definition) is 1. The van der Waals surface area contributed by atoms with E-state index in [4.69, 9.17) is 0 Å². The van der Waals surface area contributed by atoms with Gasteiger partial charge >= 0.3 is 0 Å². The van der Waals surface area contributed by atoms with Crippen LogP contribution in [-0.2, 0) is 6.54 Å². The molecule has 0 amide bonds. The van der Waals surface area contributed by atoms with Crippen LogP contribution < -0.4 is 5.32 Å². The van der Waals surface area contributed by atoms with Crippen molar-refractivity contribution in [2.45, 2.75) is 51.6 Å². The van der Waals surface area contributed by atoms with Crippen LogP contribution in [0.3, 0.4) is 0 Å². The van der Waals surface area contributed by atoms with Crippen molar-refractivity contribution >= 4 is 11.3 Å². The van der Waals surface area contributed by atoms with E-state index in [9.17, 15) is 0 Å². The molecule has 0 aliphatic heterocycles. The Balaban J connectivity index is 1.86. The van der Waals surface area contributed by atoms with Crippen molar-refractivity contribution in [2.75, 3.05) is 0 Å². The first-order valence-corrected chi connectivity index (χ1v) is 6.84. The maximum Gasteiger partial charge on any atom is 0.0304 e. The SMILES string of the molecule is CC(C)(NCc1cccs1)C1CCCC1. The molecule has 1 nitrogen and oxygen atoms in total. The first-order valence-electron chi connectivity index (χ1n) is 5.96. The summed E-state index contributed by atoms with van der Waals surface area (Å²) in [6.45, 7) is 5.74. The molecule has 0 spiro atoms. The Morgan fingerprint density at radius 2 is 2.13 bits per heavy atom. The summed E-state index contributed by atoms with van der Waals surface area (Å²) in [5.41, 5.74) is 0.306. The number of nitrogens with one attached hydrogen (secondary N) is 1. The van der Waals surface area contributed by atoms with Crippen LogP contribution in [0.15, 0.2) is 17.5 Å². The molecule has 0 saturated heterocycles. The minimum absolute atomic E-state index is 0.306. The van der Waals surface area contributed by atoms with Gasteiger partial charge in [-0.3, -0.25) is 0 Å². The zero-order chi connectivity index (χ0) is 10.7. The summed E-state index contributed by atoms with van der Waals surface area (Å²) in [4.78, 5) is 1.45. The third-order valence-electron chi connectivity index (χ3n) is 3.67. The van der Waals surface area contributed by atoms with Crippen molar-refractivity contribution in [1.82, 2.24) is 5.32 Å². The summed E-state index contributed by atoms with van der Waals surface area (Å²) in [5, 5.41) is 5.87. The Labute approximate surface area is 96.9 Å². The maximum absolute atomic E-state index is 3.71. The van der Waals surface area contributed by atoms with E-state index >= 15 is 0 Å². The predicted molar refractivity (Wildman–Crippen MR) is 67.2 cm³/mol. The lowest BCUT2D eigenvalue weighted by Crippen LogP contribution is -2.44. The lowest BCUT2D eigenvalue weighted by molar-refractivity contribution is 0.255. The predicted octanol–water partition coefficient (Wildman–Crippen LogP) is 3.81. The molecule has 0 aromatic carbocycles. The average Bonchev–Trinajstić information content (AvgIpc) is 2.88. The van der Waals surface area contributed by atoms with Crippen LogP contribution in [0.2, 0.25) is 0 Å². The molecule has 1 saturated carbocycles. The molecule has 0 atom stereocenters. The second-order valence-electron chi connectivity index (χ2n) is 5.14. The van der Waals surface area contributed by atoms with E-state index in [0.29, 0.717) is 5.54 Å². The van der Waals surface area contributed by atoms with Crippen molar-refractivity contribution in [3.05, 3.63) is 22.4 Å². The second-order valence-corrected chi connectivity index (χ2v) is 6.17. The van der Waals surface area contributed by atoms with Crippen molar-refractivity contribution in [2.24, 2.45) is 5.92 Å². The summed E-state index contributed by atoms with van der Waals surface area (Å²) in [6.07, 6.45) is 5.67. The Bertz CT molecular complexity index is 283. The highest BCUT2D eigenvalue weighted by molar-refractivity contribution is 7.09. The minimum atomic E-state index is 0.306. The van der Waals surface area contributed by atoms with Gasteiger partial charge in [0.2, 0.25) is 0 Å². The highest BCUT2D eigenvalue weighted by atomic mass is 32.1. The van der Waals surface area contributed by atoms with Crippen LogP contribution in [0, 0.1) is 5.92 Å². The fourth-order valence-electron chi connectivity index (χ4n) is 2.52. The Hall–Kier alpha value is -0.340. The Morgan fingerprint density at radius 1 is 1.40 bits per heavy atom. The average molecular weight is 223 g/mol. The van der Waals surface area contributed by atoms with E-state index in [-0.39, 0.29) is 0 Å². The Kier molecular flexibility index (Phi) is 3.47. The molecule has 1 fully saturated rings. The smallest absolute Gasteiger partial charge is 0.0304 e. The number of hydrogen-bond acceptors (Lipinski definition) is 2. The fourth-order valence-corrected chi connectivity index (χ4v) is 3.16. The van der Waals surface area contributed by atoms with E-state index < -0.39 is 0 Å². The highest BCUT2D eigenvalue weighted by Gasteiger charge is 2.30. The molecule has 1 N–H and O–H groups in total. The van der Waals surface area contributed by atoms with Crippen molar-refractivity contribution in [1.29, 1.82) is 0 Å². The van der Waals surface area contributed by atoms with Crippen LogP contribution >= 0.6 is 11.3 Å². The van der Waals surface area contributed by atoms with E-state index in [1.165, 1.54) is 30.6 Å². The minimum Gasteiger partial charge on any atom is -0.307 e. The summed E-state index contributed by atoms with van der Waals surface area (Å²) in [6, 6.07) is 4.34. The molecule has 1 heterocycles. The largest absolute Gasteiger partial charge is 0.307 e. The number of thiophene rings is 1. The molecule has 84 valence electrons. The van der Waals surface area contributed by atoms with Gasteiger partial charge in [-0.05, 0) is 44.1 Å². The lowest BCUT2D eigenvalue weighted by atomic mass is 9.86. The van der Waals surface area contributed by atoms with Crippen LogP contribution in [-0.4, -0.2) is 5.54 Å². The van der Waals surface area contributed by atoms with Gasteiger partial charge in [-0.2, -0.15) is 0 Å². The summed E-state index contributed by atoms with van der Waals surface area (Å²) < 4.78 is 0. The van der Waals surface area contributed by atoms with E-state index in [1.54, 1.807) is 0 Å². The van der Waals surface area contributed by atoms with Gasteiger partial charge in [0.15, 0.2) is 0 Å². The third kappa shape index (κ3) is 2.82. The molecule has 0 bridgehead atoms. The lowest BCUT2D eigenvalue weighted by Gasteiger charge is -2.32. The number of rotatable bonds is 4. The zero-order valence-corrected chi connectivity index (χ0v) is 10.6. The molecule has 1 aromatic rings. The molecule has 1 aromatic heterocycles. The molecule has 15 heavy (non-hydrogen) atoms. The molecule has 1 aliphatic carbocycles. The highest BCUT2D eigenvalue weighted by Crippen LogP contribution is 2.33. The normalized spacial score (nSPS) is 18.5. The van der Waals surface area contributed by atoms with Gasteiger partial charge in [-0.25, -0.2) is 0 Å². The first-order chi connectivity index (χ1) is 7.18. The molecule has 0 unspecified atom stereocenters. The Morgan fingerprint density at radius 3 is 2.73 bits per heavy atom. The molecule has 2 rings (SSSR count). The first kappa shape index (κ1) is 11.2. The summed E-state index contributed by atoms with van der Waals surface area (Å²) in [5.74, 6) is 0.873. The van der Waals surface area contributed by atoms with Crippen LogP contribution in [0.4, 0.5) is 0 Å². The standard InChI is InChI=1S/C13H21NS/c1-13(2,11-6-3-4-7-11)14-10-12-8-5-9-15-12/h5,8-9,11,14H,3-4,6-7,10H2,1-2H3. The van der Waals surface area contributed by atoms with Gasteiger partial charge in [0, 0.05) is 17.0 Å². The van der Waals surface area contributed by atoms with E-state index in [2.05, 4.69) is 36.7 Å².